The first-order valence-corrected chi connectivity index (χ1v) is 12.5. The number of benzene rings is 1. The number of ether oxygens (including phenoxy) is 1. The van der Waals surface area contributed by atoms with Crippen molar-refractivity contribution >= 4 is 14.0 Å². The summed E-state index contributed by atoms with van der Waals surface area (Å²) in [5.74, 6) is -0.265. The van der Waals surface area contributed by atoms with Crippen LogP contribution in [0.1, 0.15) is 34.1 Å². The highest BCUT2D eigenvalue weighted by molar-refractivity contribution is 6.74. The lowest BCUT2D eigenvalue weighted by molar-refractivity contribution is -0.153. The molecule has 1 aliphatic heterocycles. The van der Waals surface area contributed by atoms with E-state index < -0.39 is 26.9 Å². The molecule has 0 unspecified atom stereocenters. The molecular weight excluding hydrogens is 390 g/mol. The van der Waals surface area contributed by atoms with Crippen LogP contribution in [0.15, 0.2) is 18.2 Å². The van der Waals surface area contributed by atoms with Gasteiger partial charge in [-0.3, -0.25) is 0 Å². The zero-order valence-electron chi connectivity index (χ0n) is 17.5. The quantitative estimate of drug-likeness (QED) is 0.430. The minimum absolute atomic E-state index is 0.0148. The normalized spacial score (nSPS) is 21.7. The average molecular weight is 422 g/mol. The number of alkyl halides is 3. The molecule has 1 fully saturated rings. The molecule has 28 heavy (non-hydrogen) atoms. The molecular formula is C20H31F4NO2Si. The highest BCUT2D eigenvalue weighted by Crippen LogP contribution is 2.39. The Bertz CT molecular complexity index is 673. The van der Waals surface area contributed by atoms with Gasteiger partial charge in [-0.15, -0.1) is 0 Å². The van der Waals surface area contributed by atoms with Gasteiger partial charge in [0.2, 0.25) is 0 Å². The molecule has 0 spiro atoms. The van der Waals surface area contributed by atoms with Crippen molar-refractivity contribution in [3.63, 3.8) is 0 Å². The monoisotopic (exact) mass is 421 g/mol. The van der Waals surface area contributed by atoms with E-state index in [2.05, 4.69) is 40.8 Å². The van der Waals surface area contributed by atoms with E-state index >= 15 is 0 Å². The van der Waals surface area contributed by atoms with E-state index in [0.29, 0.717) is 13.1 Å². The van der Waals surface area contributed by atoms with Crippen molar-refractivity contribution in [2.24, 2.45) is 5.92 Å². The molecule has 1 saturated heterocycles. The molecule has 2 atom stereocenters. The largest absolute Gasteiger partial charge is 0.484 e. The fourth-order valence-corrected chi connectivity index (χ4v) is 4.52. The molecule has 2 rings (SSSR count). The highest BCUT2D eigenvalue weighted by atomic mass is 28.4. The van der Waals surface area contributed by atoms with Gasteiger partial charge < -0.3 is 14.1 Å². The first kappa shape index (κ1) is 23.0. The second-order valence-electron chi connectivity index (χ2n) is 9.15. The lowest BCUT2D eigenvalue weighted by Crippen LogP contribution is -2.50. The fourth-order valence-electron chi connectivity index (χ4n) is 3.06. The van der Waals surface area contributed by atoms with Crippen LogP contribution in [0.4, 0.5) is 23.2 Å². The van der Waals surface area contributed by atoms with Crippen molar-refractivity contribution in [2.75, 3.05) is 24.6 Å². The van der Waals surface area contributed by atoms with E-state index in [1.54, 1.807) is 0 Å². The summed E-state index contributed by atoms with van der Waals surface area (Å²) in [5, 5.41) is 0.111. The number of piperidine rings is 1. The maximum atomic E-state index is 14.3. The molecule has 0 saturated carbocycles. The van der Waals surface area contributed by atoms with Crippen molar-refractivity contribution in [3.05, 3.63) is 24.0 Å². The topological polar surface area (TPSA) is 21.7 Å². The maximum Gasteiger partial charge on any atom is 0.422 e. The summed E-state index contributed by atoms with van der Waals surface area (Å²) in [7, 11) is -1.90. The first-order valence-electron chi connectivity index (χ1n) is 9.61. The van der Waals surface area contributed by atoms with Crippen LogP contribution in [0.3, 0.4) is 0 Å². The molecule has 0 amide bonds. The zero-order chi connectivity index (χ0) is 21.3. The van der Waals surface area contributed by atoms with Gasteiger partial charge in [0.1, 0.15) is 11.6 Å². The van der Waals surface area contributed by atoms with Gasteiger partial charge in [-0.25, -0.2) is 4.39 Å². The van der Waals surface area contributed by atoms with Gasteiger partial charge in [-0.05, 0) is 42.6 Å². The molecule has 0 bridgehead atoms. The Balaban J connectivity index is 2.07. The number of hydrogen-bond donors (Lipinski definition) is 0. The Hall–Kier alpha value is -1.28. The van der Waals surface area contributed by atoms with Gasteiger partial charge >= 0.3 is 6.18 Å². The summed E-state index contributed by atoms with van der Waals surface area (Å²) in [6, 6.07) is 3.73. The predicted molar refractivity (Wildman–Crippen MR) is 106 cm³/mol. The van der Waals surface area contributed by atoms with E-state index in [1.807, 2.05) is 4.90 Å². The van der Waals surface area contributed by atoms with Gasteiger partial charge in [-0.2, -0.15) is 13.2 Å². The van der Waals surface area contributed by atoms with Crippen molar-refractivity contribution < 1.29 is 26.7 Å². The Morgan fingerprint density at radius 2 is 1.82 bits per heavy atom. The van der Waals surface area contributed by atoms with Crippen molar-refractivity contribution in [2.45, 2.75) is 64.5 Å². The predicted octanol–water partition coefficient (Wildman–Crippen LogP) is 6.00. The van der Waals surface area contributed by atoms with Gasteiger partial charge in [0.15, 0.2) is 14.9 Å². The Morgan fingerprint density at radius 3 is 2.36 bits per heavy atom. The van der Waals surface area contributed by atoms with Crippen LogP contribution < -0.4 is 9.64 Å². The van der Waals surface area contributed by atoms with Gasteiger partial charge in [0, 0.05) is 19.2 Å². The second kappa shape index (κ2) is 8.22. The van der Waals surface area contributed by atoms with Crippen LogP contribution in [0.25, 0.3) is 0 Å². The van der Waals surface area contributed by atoms with Gasteiger partial charge in [0.05, 0.1) is 11.8 Å². The maximum absolute atomic E-state index is 14.3. The molecule has 0 N–H and O–H groups in total. The Labute approximate surface area is 166 Å². The molecule has 3 nitrogen and oxygen atoms in total. The van der Waals surface area contributed by atoms with Crippen LogP contribution >= 0.6 is 0 Å². The van der Waals surface area contributed by atoms with E-state index in [9.17, 15) is 17.6 Å². The lowest BCUT2D eigenvalue weighted by Gasteiger charge is -2.45. The molecule has 1 aromatic rings. The number of halogens is 4. The molecule has 0 aromatic heterocycles. The van der Waals surface area contributed by atoms with Crippen molar-refractivity contribution in [1.29, 1.82) is 0 Å². The summed E-state index contributed by atoms with van der Waals surface area (Å²) in [6.07, 6.45) is -3.58. The molecule has 0 aliphatic carbocycles. The summed E-state index contributed by atoms with van der Waals surface area (Å²) in [5.41, 5.74) is 0.275. The number of anilines is 1. The zero-order valence-corrected chi connectivity index (χ0v) is 18.5. The standard InChI is InChI=1S/C20H31F4NO2Si/c1-14-12-25(10-9-18(14)27-28(5,6)19(2,3)4)17-11-15(7-8-16(17)21)26-13-20(22,23)24/h7-8,11,14,18H,9-10,12-13H2,1-6H3/t14-,18+/m1/s1. The molecule has 0 radical (unpaired) electrons. The van der Waals surface area contributed by atoms with Gasteiger partial charge in [-0.1, -0.05) is 27.7 Å². The second-order valence-corrected chi connectivity index (χ2v) is 13.9. The van der Waals surface area contributed by atoms with Crippen molar-refractivity contribution in [3.8, 4) is 5.75 Å². The van der Waals surface area contributed by atoms with E-state index in [1.165, 1.54) is 12.1 Å². The minimum Gasteiger partial charge on any atom is -0.484 e. The van der Waals surface area contributed by atoms with E-state index in [0.717, 1.165) is 12.5 Å². The third kappa shape index (κ3) is 5.86. The molecule has 1 aliphatic rings. The van der Waals surface area contributed by atoms with Crippen LogP contribution in [-0.2, 0) is 4.43 Å². The Morgan fingerprint density at radius 1 is 1.18 bits per heavy atom. The van der Waals surface area contributed by atoms with Crippen molar-refractivity contribution in [1.82, 2.24) is 0 Å². The van der Waals surface area contributed by atoms with Crippen LogP contribution in [-0.4, -0.2) is 40.3 Å². The first-order chi connectivity index (χ1) is 12.7. The lowest BCUT2D eigenvalue weighted by atomic mass is 9.96. The molecule has 160 valence electrons. The van der Waals surface area contributed by atoms with E-state index in [-0.39, 0.29) is 28.5 Å². The number of rotatable bonds is 5. The van der Waals surface area contributed by atoms with Gasteiger partial charge in [0.25, 0.3) is 0 Å². The third-order valence-electron chi connectivity index (χ3n) is 5.74. The van der Waals surface area contributed by atoms with E-state index in [4.69, 9.17) is 9.16 Å². The summed E-state index contributed by atoms with van der Waals surface area (Å²) >= 11 is 0. The Kier molecular flexibility index (Phi) is 6.75. The van der Waals surface area contributed by atoms with Crippen LogP contribution in [0.5, 0.6) is 5.75 Å². The summed E-state index contributed by atoms with van der Waals surface area (Å²) < 4.78 is 62.8. The average Bonchev–Trinajstić information content (AvgIpc) is 2.54. The highest BCUT2D eigenvalue weighted by Gasteiger charge is 2.41. The van der Waals surface area contributed by atoms with Crippen LogP contribution in [0, 0.1) is 11.7 Å². The minimum atomic E-state index is -4.43. The SMILES string of the molecule is C[C@@H]1CN(c2cc(OCC(F)(F)F)ccc2F)CC[C@@H]1O[Si](C)(C)C(C)(C)C. The third-order valence-corrected chi connectivity index (χ3v) is 10.2. The molecule has 1 aromatic carbocycles. The smallest absolute Gasteiger partial charge is 0.422 e. The van der Waals surface area contributed by atoms with Crippen LogP contribution in [0.2, 0.25) is 18.1 Å². The summed E-state index contributed by atoms with van der Waals surface area (Å²) in [4.78, 5) is 1.87. The molecule has 8 heteroatoms. The fraction of sp³-hybridized carbons (Fsp3) is 0.700. The number of hydrogen-bond acceptors (Lipinski definition) is 3. The molecule has 1 heterocycles. The summed E-state index contributed by atoms with van der Waals surface area (Å²) in [6.45, 7) is 12.9. The number of nitrogens with zero attached hydrogens (tertiary/aromatic N) is 1.